The average molecular weight is 541 g/mol. The Kier molecular flexibility index (Phi) is 11.3. The van der Waals surface area contributed by atoms with Gasteiger partial charge in [0.05, 0.1) is 22.9 Å². The summed E-state index contributed by atoms with van der Waals surface area (Å²) in [6.07, 6.45) is 5.03. The SMILES string of the molecule is CC.CC.CC(F)(F)C(N)=O.O=C1CC[C@@H](c2ccccc2)N1c1ccc2c(-c3ccc(F)cc3)ncn2c1. The standard InChI is InChI=1S/C23H18FN3O.C3H5F2NO.2C2H6/c24-18-8-6-17(7-9-18)23-21-11-10-19(14-26(21)15-25-23)27-20(12-13-22(27)28)16-4-2-1-3-5-16;1-3(4,5)2(6)7;2*1-2/h1-11,14-15,20H,12-13H2;1H3,(H2,6,7);2*1-2H3/t20-;;;/m0.../s1. The molecule has 0 spiro atoms. The number of benzene rings is 2. The number of halogens is 3. The fourth-order valence-electron chi connectivity index (χ4n) is 3.96. The lowest BCUT2D eigenvalue weighted by Crippen LogP contribution is -2.31. The van der Waals surface area contributed by atoms with Crippen LogP contribution in [0.25, 0.3) is 16.8 Å². The lowest BCUT2D eigenvalue weighted by atomic mass is 10.0. The first-order valence-electron chi connectivity index (χ1n) is 12.9. The molecule has 1 fully saturated rings. The molecule has 2 N–H and O–H groups in total. The van der Waals surface area contributed by atoms with E-state index in [2.05, 4.69) is 22.9 Å². The van der Waals surface area contributed by atoms with Gasteiger partial charge in [0.2, 0.25) is 5.91 Å². The Morgan fingerprint density at radius 2 is 1.56 bits per heavy atom. The second-order valence-corrected chi connectivity index (χ2v) is 8.26. The monoisotopic (exact) mass is 540 g/mol. The zero-order valence-corrected chi connectivity index (χ0v) is 22.9. The van der Waals surface area contributed by atoms with E-state index in [4.69, 9.17) is 0 Å². The Bertz CT molecular complexity index is 1350. The number of fused-ring (bicyclic) bond motifs is 1. The molecule has 1 saturated heterocycles. The number of nitrogens with zero attached hydrogens (tertiary/aromatic N) is 3. The summed E-state index contributed by atoms with van der Waals surface area (Å²) in [5, 5.41) is 0. The lowest BCUT2D eigenvalue weighted by molar-refractivity contribution is -0.139. The van der Waals surface area contributed by atoms with Gasteiger partial charge in [0.1, 0.15) is 12.1 Å². The third-order valence-corrected chi connectivity index (χ3v) is 5.74. The van der Waals surface area contributed by atoms with E-state index in [-0.39, 0.29) is 17.8 Å². The van der Waals surface area contributed by atoms with Crippen LogP contribution in [0, 0.1) is 5.82 Å². The molecule has 0 bridgehead atoms. The third kappa shape index (κ3) is 7.69. The van der Waals surface area contributed by atoms with Crippen LogP contribution in [0.4, 0.5) is 18.9 Å². The van der Waals surface area contributed by atoms with E-state index in [9.17, 15) is 22.8 Å². The summed E-state index contributed by atoms with van der Waals surface area (Å²) in [5.41, 5.74) is 8.74. The number of anilines is 1. The molecule has 1 aliphatic rings. The number of amides is 2. The first-order valence-corrected chi connectivity index (χ1v) is 12.9. The average Bonchev–Trinajstić information content (AvgIpc) is 3.55. The van der Waals surface area contributed by atoms with Crippen LogP contribution in [0.2, 0.25) is 0 Å². The summed E-state index contributed by atoms with van der Waals surface area (Å²) in [5.74, 6) is -5.09. The Morgan fingerprint density at radius 3 is 2.13 bits per heavy atom. The van der Waals surface area contributed by atoms with Crippen molar-refractivity contribution >= 4 is 23.0 Å². The molecule has 0 aliphatic carbocycles. The van der Waals surface area contributed by atoms with Crippen LogP contribution < -0.4 is 10.6 Å². The van der Waals surface area contributed by atoms with Gasteiger partial charge in [0, 0.05) is 25.1 Å². The fourth-order valence-corrected chi connectivity index (χ4v) is 3.96. The second kappa shape index (κ2) is 14.1. The highest BCUT2D eigenvalue weighted by atomic mass is 19.3. The van der Waals surface area contributed by atoms with Crippen LogP contribution in [0.15, 0.2) is 79.3 Å². The maximum atomic E-state index is 13.2. The third-order valence-electron chi connectivity index (χ3n) is 5.74. The summed E-state index contributed by atoms with van der Waals surface area (Å²) in [6.45, 7) is 8.45. The minimum atomic E-state index is -3.36. The molecule has 2 aromatic carbocycles. The van der Waals surface area contributed by atoms with Crippen molar-refractivity contribution in [1.29, 1.82) is 0 Å². The van der Waals surface area contributed by atoms with Crippen molar-refractivity contribution in [2.24, 2.45) is 5.73 Å². The quantitative estimate of drug-likeness (QED) is 0.298. The van der Waals surface area contributed by atoms with Crippen LogP contribution >= 0.6 is 0 Å². The molecule has 2 amide bonds. The van der Waals surface area contributed by atoms with Crippen LogP contribution in [-0.2, 0) is 9.59 Å². The van der Waals surface area contributed by atoms with Gasteiger partial charge in [-0.15, -0.1) is 0 Å². The molecule has 0 saturated carbocycles. The molecule has 9 heteroatoms. The Morgan fingerprint density at radius 1 is 0.974 bits per heavy atom. The van der Waals surface area contributed by atoms with Crippen LogP contribution in [0.1, 0.15) is 59.1 Å². The topological polar surface area (TPSA) is 80.7 Å². The predicted molar refractivity (Wildman–Crippen MR) is 149 cm³/mol. The number of alkyl halides is 2. The highest BCUT2D eigenvalue weighted by molar-refractivity contribution is 5.96. The smallest absolute Gasteiger partial charge is 0.321 e. The number of carbonyl (C=O) groups is 2. The van der Waals surface area contributed by atoms with Gasteiger partial charge in [-0.05, 0) is 48.4 Å². The molecule has 208 valence electrons. The van der Waals surface area contributed by atoms with Gasteiger partial charge in [-0.25, -0.2) is 9.37 Å². The van der Waals surface area contributed by atoms with Crippen LogP contribution in [0.3, 0.4) is 0 Å². The number of pyridine rings is 1. The maximum absolute atomic E-state index is 13.2. The number of aromatic nitrogens is 2. The number of rotatable bonds is 4. The summed E-state index contributed by atoms with van der Waals surface area (Å²) < 4.78 is 37.9. The molecule has 6 nitrogen and oxygen atoms in total. The number of carbonyl (C=O) groups excluding carboxylic acids is 2. The van der Waals surface area contributed by atoms with E-state index < -0.39 is 11.8 Å². The highest BCUT2D eigenvalue weighted by Gasteiger charge is 2.33. The number of hydrogen-bond acceptors (Lipinski definition) is 3. The zero-order chi connectivity index (χ0) is 29.2. The van der Waals surface area contributed by atoms with E-state index in [0.29, 0.717) is 13.3 Å². The van der Waals surface area contributed by atoms with Gasteiger partial charge in [0.25, 0.3) is 5.91 Å². The van der Waals surface area contributed by atoms with Crippen molar-refractivity contribution in [2.75, 3.05) is 4.90 Å². The molecule has 0 unspecified atom stereocenters. The first-order chi connectivity index (χ1) is 18.6. The van der Waals surface area contributed by atoms with Crippen molar-refractivity contribution in [1.82, 2.24) is 9.38 Å². The summed E-state index contributed by atoms with van der Waals surface area (Å²) in [7, 11) is 0. The normalized spacial score (nSPS) is 14.4. The summed E-state index contributed by atoms with van der Waals surface area (Å²) in [6, 6.07) is 20.4. The van der Waals surface area contributed by atoms with Crippen molar-refractivity contribution in [2.45, 2.75) is 59.4 Å². The van der Waals surface area contributed by atoms with Crippen molar-refractivity contribution in [3.8, 4) is 11.3 Å². The minimum absolute atomic E-state index is 0.0474. The number of imidazole rings is 1. The molecule has 0 radical (unpaired) electrons. The van der Waals surface area contributed by atoms with Gasteiger partial charge < -0.3 is 15.0 Å². The Labute approximate surface area is 227 Å². The lowest BCUT2D eigenvalue weighted by Gasteiger charge is -2.25. The highest BCUT2D eigenvalue weighted by Crippen LogP contribution is 2.37. The summed E-state index contributed by atoms with van der Waals surface area (Å²) >= 11 is 0. The van der Waals surface area contributed by atoms with E-state index in [1.807, 2.05) is 73.5 Å². The predicted octanol–water partition coefficient (Wildman–Crippen LogP) is 7.19. The van der Waals surface area contributed by atoms with Gasteiger partial charge in [0.15, 0.2) is 0 Å². The number of hydrogen-bond donors (Lipinski definition) is 1. The Hall–Kier alpha value is -4.14. The van der Waals surface area contributed by atoms with Crippen molar-refractivity contribution < 1.29 is 22.8 Å². The molecule has 1 atom stereocenters. The van der Waals surface area contributed by atoms with Gasteiger partial charge in [-0.3, -0.25) is 9.59 Å². The van der Waals surface area contributed by atoms with E-state index in [0.717, 1.165) is 34.4 Å². The van der Waals surface area contributed by atoms with Gasteiger partial charge in [-0.1, -0.05) is 58.0 Å². The number of nitrogens with two attached hydrogens (primary N) is 1. The first kappa shape index (κ1) is 31.1. The minimum Gasteiger partial charge on any atom is -0.364 e. The molecular weight excluding hydrogens is 505 g/mol. The van der Waals surface area contributed by atoms with E-state index >= 15 is 0 Å². The molecule has 39 heavy (non-hydrogen) atoms. The maximum Gasteiger partial charge on any atom is 0.321 e. The molecular formula is C30H35F3N4O2. The summed E-state index contributed by atoms with van der Waals surface area (Å²) in [4.78, 5) is 28.5. The molecule has 3 heterocycles. The molecule has 1 aliphatic heterocycles. The van der Waals surface area contributed by atoms with Gasteiger partial charge in [-0.2, -0.15) is 8.78 Å². The molecule has 5 rings (SSSR count). The second-order valence-electron chi connectivity index (χ2n) is 8.26. The van der Waals surface area contributed by atoms with Crippen LogP contribution in [-0.4, -0.2) is 27.1 Å². The van der Waals surface area contributed by atoms with E-state index in [1.165, 1.54) is 12.1 Å². The fraction of sp³-hybridized carbons (Fsp3) is 0.300. The van der Waals surface area contributed by atoms with Gasteiger partial charge >= 0.3 is 5.92 Å². The zero-order valence-electron chi connectivity index (χ0n) is 22.9. The van der Waals surface area contributed by atoms with Crippen molar-refractivity contribution in [3.63, 3.8) is 0 Å². The molecule has 4 aromatic rings. The number of primary amides is 1. The Balaban J connectivity index is 0.000000420. The van der Waals surface area contributed by atoms with Crippen LogP contribution in [0.5, 0.6) is 0 Å². The van der Waals surface area contributed by atoms with Crippen molar-refractivity contribution in [3.05, 3.63) is 90.6 Å². The largest absolute Gasteiger partial charge is 0.364 e. The van der Waals surface area contributed by atoms with E-state index in [1.54, 1.807) is 18.5 Å². The molecule has 2 aromatic heterocycles.